The van der Waals surface area contributed by atoms with Gasteiger partial charge in [0.15, 0.2) is 9.84 Å². The first-order chi connectivity index (χ1) is 18.7. The van der Waals surface area contributed by atoms with Crippen molar-refractivity contribution >= 4 is 38.8 Å². The number of anilines is 2. The van der Waals surface area contributed by atoms with Crippen LogP contribution in [0.4, 0.5) is 20.7 Å². The lowest BCUT2D eigenvalue weighted by molar-refractivity contribution is 0.0416. The van der Waals surface area contributed by atoms with E-state index in [0.717, 1.165) is 41.8 Å². The van der Waals surface area contributed by atoms with E-state index in [0.29, 0.717) is 17.1 Å². The Morgan fingerprint density at radius 2 is 1.87 bits per heavy atom. The van der Waals surface area contributed by atoms with Crippen molar-refractivity contribution < 1.29 is 27.1 Å². The molecule has 0 radical (unpaired) electrons. The summed E-state index contributed by atoms with van der Waals surface area (Å²) in [6, 6.07) is 8.00. The molecule has 2 aromatic heterocycles. The molecule has 208 valence electrons. The number of alkyl carbamates (subject to hydrolysis) is 1. The van der Waals surface area contributed by atoms with Gasteiger partial charge in [0.05, 0.1) is 40.3 Å². The number of thiazole rings is 1. The SMILES string of the molecule is CC(C)OC(=O)NC1CCC(c2ncc(-c3ccc(Nc4ccc(F)cn4)cc3S(=O)(=O)C3COC3)s2)CC1. The van der Waals surface area contributed by atoms with Gasteiger partial charge in [-0.05, 0) is 63.8 Å². The zero-order valence-electron chi connectivity index (χ0n) is 21.7. The van der Waals surface area contributed by atoms with E-state index < -0.39 is 20.9 Å². The first-order valence-electron chi connectivity index (χ1n) is 13.0. The fourth-order valence-electron chi connectivity index (χ4n) is 4.71. The summed E-state index contributed by atoms with van der Waals surface area (Å²) in [6.07, 6.45) is 5.69. The molecule has 3 heterocycles. The van der Waals surface area contributed by atoms with Gasteiger partial charge in [-0.25, -0.2) is 27.6 Å². The van der Waals surface area contributed by atoms with E-state index in [9.17, 15) is 17.6 Å². The van der Waals surface area contributed by atoms with E-state index in [1.165, 1.54) is 23.5 Å². The Kier molecular flexibility index (Phi) is 8.15. The molecule has 1 aromatic carbocycles. The summed E-state index contributed by atoms with van der Waals surface area (Å²) >= 11 is 1.50. The Labute approximate surface area is 231 Å². The highest BCUT2D eigenvalue weighted by atomic mass is 32.2. The highest BCUT2D eigenvalue weighted by molar-refractivity contribution is 7.92. The maximum atomic E-state index is 13.5. The number of nitrogens with zero attached hydrogens (tertiary/aromatic N) is 2. The zero-order valence-corrected chi connectivity index (χ0v) is 23.4. The van der Waals surface area contributed by atoms with Crippen LogP contribution in [-0.2, 0) is 19.3 Å². The first-order valence-corrected chi connectivity index (χ1v) is 15.3. The number of carbonyl (C=O) groups excluding carboxylic acids is 1. The zero-order chi connectivity index (χ0) is 27.6. The van der Waals surface area contributed by atoms with Crippen LogP contribution in [0.1, 0.15) is 50.5 Å². The lowest BCUT2D eigenvalue weighted by Gasteiger charge is -2.28. The molecule has 0 atom stereocenters. The van der Waals surface area contributed by atoms with Gasteiger partial charge in [0.1, 0.15) is 16.9 Å². The lowest BCUT2D eigenvalue weighted by Crippen LogP contribution is -2.40. The molecule has 3 aromatic rings. The summed E-state index contributed by atoms with van der Waals surface area (Å²) in [6.45, 7) is 3.96. The highest BCUT2D eigenvalue weighted by Gasteiger charge is 2.36. The Hall–Kier alpha value is -3.09. The molecule has 1 saturated heterocycles. The number of pyridine rings is 1. The number of nitrogens with one attached hydrogen (secondary N) is 2. The number of ether oxygens (including phenoxy) is 2. The van der Waals surface area contributed by atoms with Crippen molar-refractivity contribution in [3.05, 3.63) is 53.6 Å². The van der Waals surface area contributed by atoms with Crippen molar-refractivity contribution in [1.29, 1.82) is 0 Å². The smallest absolute Gasteiger partial charge is 0.407 e. The third-order valence-corrected chi connectivity index (χ3v) is 10.2. The van der Waals surface area contributed by atoms with Crippen LogP contribution in [-0.4, -0.2) is 55.1 Å². The highest BCUT2D eigenvalue weighted by Crippen LogP contribution is 2.41. The van der Waals surface area contributed by atoms with Gasteiger partial charge in [-0.3, -0.25) is 0 Å². The number of benzene rings is 1. The minimum Gasteiger partial charge on any atom is -0.447 e. The van der Waals surface area contributed by atoms with Crippen molar-refractivity contribution in [1.82, 2.24) is 15.3 Å². The maximum Gasteiger partial charge on any atom is 0.407 e. The second-order valence-electron chi connectivity index (χ2n) is 10.1. The van der Waals surface area contributed by atoms with E-state index in [1.54, 1.807) is 24.4 Å². The van der Waals surface area contributed by atoms with E-state index in [1.807, 2.05) is 13.8 Å². The molecule has 1 amide bonds. The molecule has 0 unspecified atom stereocenters. The van der Waals surface area contributed by atoms with Gasteiger partial charge in [0, 0.05) is 29.4 Å². The molecule has 0 spiro atoms. The van der Waals surface area contributed by atoms with E-state index in [-0.39, 0.29) is 42.3 Å². The minimum absolute atomic E-state index is 0.0732. The number of sulfone groups is 1. The average molecular weight is 575 g/mol. The number of hydrogen-bond donors (Lipinski definition) is 2. The standard InChI is InChI=1S/C27H31FN4O5S2/c1-16(2)37-27(33)32-19-6-3-17(4-7-19)26-30-13-23(38-26)22-9-8-20(31-25-10-5-18(28)12-29-25)11-24(22)39(34,35)21-14-36-15-21/h5,8-13,16-17,19,21H,3-4,6-7,14-15H2,1-2H3,(H,29,31)(H,32,33). The van der Waals surface area contributed by atoms with Crippen LogP contribution in [0.3, 0.4) is 0 Å². The van der Waals surface area contributed by atoms with Gasteiger partial charge in [-0.1, -0.05) is 6.07 Å². The fourth-order valence-corrected chi connectivity index (χ4v) is 7.59. The van der Waals surface area contributed by atoms with Crippen molar-refractivity contribution in [3.8, 4) is 10.4 Å². The van der Waals surface area contributed by atoms with Crippen molar-refractivity contribution in [2.45, 2.75) is 67.7 Å². The first kappa shape index (κ1) is 27.5. The third-order valence-electron chi connectivity index (χ3n) is 6.86. The summed E-state index contributed by atoms with van der Waals surface area (Å²) in [5, 5.41) is 6.35. The van der Waals surface area contributed by atoms with Crippen LogP contribution in [0.15, 0.2) is 47.6 Å². The van der Waals surface area contributed by atoms with Crippen molar-refractivity contribution in [2.75, 3.05) is 18.5 Å². The second-order valence-corrected chi connectivity index (χ2v) is 13.4. The van der Waals surface area contributed by atoms with Crippen molar-refractivity contribution in [3.63, 3.8) is 0 Å². The molecule has 0 bridgehead atoms. The van der Waals surface area contributed by atoms with E-state index in [4.69, 9.17) is 9.47 Å². The Bertz CT molecular complexity index is 1420. The van der Waals surface area contributed by atoms with Gasteiger partial charge in [0.2, 0.25) is 0 Å². The average Bonchev–Trinajstić information content (AvgIpc) is 3.34. The molecule has 2 aliphatic rings. The summed E-state index contributed by atoms with van der Waals surface area (Å²) in [4.78, 5) is 21.6. The number of rotatable bonds is 8. The summed E-state index contributed by atoms with van der Waals surface area (Å²) < 4.78 is 50.7. The van der Waals surface area contributed by atoms with E-state index >= 15 is 0 Å². The monoisotopic (exact) mass is 574 g/mol. The number of amides is 1. The number of carbonyl (C=O) groups is 1. The molecule has 1 saturated carbocycles. The van der Waals surface area contributed by atoms with Crippen LogP contribution >= 0.6 is 11.3 Å². The number of hydrogen-bond acceptors (Lipinski definition) is 9. The van der Waals surface area contributed by atoms with Crippen LogP contribution in [0.5, 0.6) is 0 Å². The Morgan fingerprint density at radius 3 is 2.51 bits per heavy atom. The Morgan fingerprint density at radius 1 is 1.10 bits per heavy atom. The van der Waals surface area contributed by atoms with Crippen LogP contribution in [0.25, 0.3) is 10.4 Å². The molecule has 39 heavy (non-hydrogen) atoms. The maximum absolute atomic E-state index is 13.5. The lowest BCUT2D eigenvalue weighted by atomic mass is 9.86. The normalized spacial score (nSPS) is 19.9. The molecule has 1 aliphatic carbocycles. The largest absolute Gasteiger partial charge is 0.447 e. The molecular formula is C27H31FN4O5S2. The summed E-state index contributed by atoms with van der Waals surface area (Å²) in [5.41, 5.74) is 1.12. The summed E-state index contributed by atoms with van der Waals surface area (Å²) in [5.74, 6) is 0.194. The molecule has 9 nitrogen and oxygen atoms in total. The number of aromatic nitrogens is 2. The van der Waals surface area contributed by atoms with Gasteiger partial charge in [0.25, 0.3) is 0 Å². The van der Waals surface area contributed by atoms with Crippen molar-refractivity contribution in [2.24, 2.45) is 0 Å². The molecule has 5 rings (SSSR count). The molecular weight excluding hydrogens is 543 g/mol. The Balaban J connectivity index is 1.35. The predicted octanol–water partition coefficient (Wildman–Crippen LogP) is 5.42. The quantitative estimate of drug-likeness (QED) is 0.366. The fraction of sp³-hybridized carbons (Fsp3) is 0.444. The van der Waals surface area contributed by atoms with Crippen LogP contribution < -0.4 is 10.6 Å². The molecule has 12 heteroatoms. The topological polar surface area (TPSA) is 120 Å². The van der Waals surface area contributed by atoms with Gasteiger partial charge < -0.3 is 20.1 Å². The van der Waals surface area contributed by atoms with Gasteiger partial charge in [-0.15, -0.1) is 11.3 Å². The minimum atomic E-state index is -3.66. The third kappa shape index (κ3) is 6.39. The van der Waals surface area contributed by atoms with Gasteiger partial charge in [-0.2, -0.15) is 0 Å². The molecule has 1 aliphatic heterocycles. The van der Waals surface area contributed by atoms with E-state index in [2.05, 4.69) is 20.6 Å². The number of halogens is 1. The molecule has 2 fully saturated rings. The summed E-state index contributed by atoms with van der Waals surface area (Å²) in [7, 11) is -3.66. The predicted molar refractivity (Wildman–Crippen MR) is 147 cm³/mol. The molecule has 2 N–H and O–H groups in total. The van der Waals surface area contributed by atoms with Crippen LogP contribution in [0, 0.1) is 5.82 Å². The van der Waals surface area contributed by atoms with Gasteiger partial charge >= 0.3 is 6.09 Å². The van der Waals surface area contributed by atoms with Crippen LogP contribution in [0.2, 0.25) is 0 Å². The second kappa shape index (κ2) is 11.6.